The van der Waals surface area contributed by atoms with E-state index in [9.17, 15) is 26.4 Å². The number of carbonyl (C=O) groups excluding carboxylic acids is 2. The Labute approximate surface area is 265 Å². The van der Waals surface area contributed by atoms with Crippen molar-refractivity contribution in [2.75, 3.05) is 45.6 Å². The Kier molecular flexibility index (Phi) is 9.87. The molecule has 1 atom stereocenters. The Morgan fingerprint density at radius 1 is 1.18 bits per heavy atom. The topological polar surface area (TPSA) is 162 Å². The summed E-state index contributed by atoms with van der Waals surface area (Å²) in [5.74, 6) is -0.902. The van der Waals surface area contributed by atoms with Crippen LogP contribution in [0.4, 0.5) is 4.79 Å². The van der Waals surface area contributed by atoms with E-state index >= 15 is 0 Å². The first-order chi connectivity index (χ1) is 20.9. The van der Waals surface area contributed by atoms with E-state index in [1.54, 1.807) is 18.2 Å². The third-order valence-corrected chi connectivity index (χ3v) is 12.0. The zero-order valence-electron chi connectivity index (χ0n) is 24.4. The zero-order chi connectivity index (χ0) is 31.6. The minimum atomic E-state index is -4.13. The number of hydrogen-bond donors (Lipinski definition) is 2. The van der Waals surface area contributed by atoms with Crippen LogP contribution in [-0.4, -0.2) is 105 Å². The minimum absolute atomic E-state index is 0.00325. The summed E-state index contributed by atoms with van der Waals surface area (Å²) in [5.41, 5.74) is 1.47. The monoisotopic (exact) mass is 686 g/mol. The van der Waals surface area contributed by atoms with Gasteiger partial charge in [0.05, 0.1) is 18.1 Å². The molecule has 3 aromatic rings. The number of likely N-dealkylation sites (N-methyl/N-ethyl adjacent to an activating group) is 1. The van der Waals surface area contributed by atoms with Crippen LogP contribution in [0.5, 0.6) is 0 Å². The lowest BCUT2D eigenvalue weighted by atomic mass is 10.1. The van der Waals surface area contributed by atoms with Crippen molar-refractivity contribution in [1.82, 2.24) is 28.8 Å². The van der Waals surface area contributed by atoms with Crippen molar-refractivity contribution >= 4 is 65.9 Å². The molecule has 44 heavy (non-hydrogen) atoms. The maximum atomic E-state index is 13.8. The van der Waals surface area contributed by atoms with E-state index < -0.39 is 37.9 Å². The van der Waals surface area contributed by atoms with Gasteiger partial charge >= 0.3 is 6.09 Å². The summed E-state index contributed by atoms with van der Waals surface area (Å²) >= 11 is 7.39. The average Bonchev–Trinajstić information content (AvgIpc) is 3.59. The third-order valence-electron chi connectivity index (χ3n) is 7.68. The molecule has 2 amide bonds. The lowest BCUT2D eigenvalue weighted by molar-refractivity contribution is 0.0558. The molecule has 0 spiro atoms. The minimum Gasteiger partial charge on any atom is -0.449 e. The van der Waals surface area contributed by atoms with Crippen LogP contribution in [-0.2, 0) is 37.7 Å². The highest BCUT2D eigenvalue weighted by Gasteiger charge is 2.39. The number of H-pyrrole nitrogens is 1. The summed E-state index contributed by atoms with van der Waals surface area (Å²) in [6, 6.07) is 5.69. The fourth-order valence-electron chi connectivity index (χ4n) is 5.26. The molecule has 1 fully saturated rings. The molecular weight excluding hydrogens is 652 g/mol. The maximum absolute atomic E-state index is 13.8. The number of halogens is 1. The Morgan fingerprint density at radius 3 is 2.75 bits per heavy atom. The number of nitrogens with one attached hydrogen (secondary N) is 2. The Hall–Kier alpha value is -2.76. The van der Waals surface area contributed by atoms with Gasteiger partial charge in [0, 0.05) is 66.0 Å². The highest BCUT2D eigenvalue weighted by Crippen LogP contribution is 2.29. The first kappa shape index (κ1) is 32.6. The van der Waals surface area contributed by atoms with Gasteiger partial charge in [0.1, 0.15) is 5.03 Å². The number of nitrogens with zero attached hydrogens (tertiary/aromatic N) is 4. The van der Waals surface area contributed by atoms with Crippen LogP contribution in [0.15, 0.2) is 29.3 Å². The summed E-state index contributed by atoms with van der Waals surface area (Å²) in [5, 5.41) is 1.35. The molecule has 1 saturated heterocycles. The van der Waals surface area contributed by atoms with Gasteiger partial charge in [-0.1, -0.05) is 24.9 Å². The predicted octanol–water partition coefficient (Wildman–Crippen LogP) is 3.03. The first-order valence-electron chi connectivity index (χ1n) is 14.3. The number of amides is 2. The number of piperazine rings is 1. The van der Waals surface area contributed by atoms with Crippen molar-refractivity contribution in [2.45, 2.75) is 50.2 Å². The molecule has 2 aliphatic heterocycles. The van der Waals surface area contributed by atoms with Gasteiger partial charge in [-0.2, -0.15) is 4.31 Å². The molecule has 0 bridgehead atoms. The van der Waals surface area contributed by atoms with E-state index in [4.69, 9.17) is 16.3 Å². The van der Waals surface area contributed by atoms with E-state index in [0.717, 1.165) is 30.0 Å². The number of aromatic nitrogens is 2. The number of carbonyl (C=O) groups is 2. The second-order valence-corrected chi connectivity index (χ2v) is 16.2. The van der Waals surface area contributed by atoms with E-state index in [0.29, 0.717) is 33.9 Å². The van der Waals surface area contributed by atoms with Crippen LogP contribution in [0.3, 0.4) is 0 Å². The number of unbranched alkanes of at least 4 members (excludes halogenated alkanes) is 1. The van der Waals surface area contributed by atoms with Gasteiger partial charge in [-0.05, 0) is 44.2 Å². The number of sulfonamides is 2. The number of aromatic amines is 1. The summed E-state index contributed by atoms with van der Waals surface area (Å²) in [4.78, 5) is 37.9. The van der Waals surface area contributed by atoms with E-state index in [1.165, 1.54) is 26.6 Å². The summed E-state index contributed by atoms with van der Waals surface area (Å²) in [6.45, 7) is 3.40. The van der Waals surface area contributed by atoms with Crippen molar-refractivity contribution in [3.63, 3.8) is 0 Å². The van der Waals surface area contributed by atoms with Gasteiger partial charge in [-0.15, -0.1) is 11.3 Å². The largest absolute Gasteiger partial charge is 0.449 e. The Bertz CT molecular complexity index is 1760. The quantitative estimate of drug-likeness (QED) is 0.305. The molecule has 1 aromatic carbocycles. The molecule has 4 heterocycles. The van der Waals surface area contributed by atoms with E-state index in [1.807, 2.05) is 18.7 Å². The molecular formula is C27H35ClN6O7S3. The molecule has 240 valence electrons. The number of benzene rings is 1. The highest BCUT2D eigenvalue weighted by molar-refractivity contribution is 7.90. The fraction of sp³-hybridized carbons (Fsp3) is 0.519. The molecule has 13 nitrogen and oxygen atoms in total. The molecule has 2 aliphatic rings. The van der Waals surface area contributed by atoms with E-state index in [2.05, 4.69) is 14.9 Å². The standard InChI is InChI=1S/C27H35ClN6O7S3/c1-3-4-12-41-27(36)31-43(37,38)13-8-20-16-33(44(39,40)24-15-18-14-19(28)5-6-21(18)29-24)10-11-34(20)26(35)25-30-22-7-9-32(2)17-23(22)42-25/h5-6,14-15,20,29H,3-4,7-13,16-17H2,1-2H3,(H,31,36). The molecule has 0 aliphatic carbocycles. The van der Waals surface area contributed by atoms with Crippen molar-refractivity contribution in [2.24, 2.45) is 0 Å². The molecule has 2 N–H and O–H groups in total. The summed E-state index contributed by atoms with van der Waals surface area (Å²) < 4.78 is 61.0. The maximum Gasteiger partial charge on any atom is 0.420 e. The van der Waals surface area contributed by atoms with Crippen LogP contribution in [0.25, 0.3) is 10.9 Å². The number of hydrogen-bond acceptors (Lipinski definition) is 10. The first-order valence-corrected chi connectivity index (χ1v) is 18.6. The van der Waals surface area contributed by atoms with Gasteiger partial charge in [0.2, 0.25) is 10.0 Å². The van der Waals surface area contributed by atoms with Crippen LogP contribution < -0.4 is 4.72 Å². The lowest BCUT2D eigenvalue weighted by Crippen LogP contribution is -2.57. The van der Waals surface area contributed by atoms with Gasteiger partial charge in [-0.25, -0.2) is 31.3 Å². The highest BCUT2D eigenvalue weighted by atomic mass is 35.5. The second kappa shape index (κ2) is 13.3. The van der Waals surface area contributed by atoms with E-state index in [-0.39, 0.29) is 43.6 Å². The summed E-state index contributed by atoms with van der Waals surface area (Å²) in [7, 11) is -6.18. The molecule has 5 rings (SSSR count). The van der Waals surface area contributed by atoms with Crippen molar-refractivity contribution in [1.29, 1.82) is 0 Å². The average molecular weight is 687 g/mol. The van der Waals surface area contributed by atoms with Crippen molar-refractivity contribution in [3.8, 4) is 0 Å². The zero-order valence-corrected chi connectivity index (χ0v) is 27.6. The van der Waals surface area contributed by atoms with Crippen LogP contribution in [0.2, 0.25) is 5.02 Å². The molecule has 0 radical (unpaired) electrons. The van der Waals surface area contributed by atoms with Crippen LogP contribution in [0, 0.1) is 0 Å². The second-order valence-electron chi connectivity index (χ2n) is 11.0. The SMILES string of the molecule is CCCCOC(=O)NS(=O)(=O)CCC1CN(S(=O)(=O)c2cc3cc(Cl)ccc3[nH]2)CCN1C(=O)c1nc2c(s1)CN(C)CC2. The van der Waals surface area contributed by atoms with Gasteiger partial charge < -0.3 is 19.5 Å². The van der Waals surface area contributed by atoms with Gasteiger partial charge in [0.25, 0.3) is 15.9 Å². The smallest absolute Gasteiger partial charge is 0.420 e. The molecule has 2 aromatic heterocycles. The number of thiazole rings is 1. The summed E-state index contributed by atoms with van der Waals surface area (Å²) in [6.07, 6.45) is 0.897. The third kappa shape index (κ3) is 7.37. The normalized spacial score (nSPS) is 18.3. The number of rotatable bonds is 10. The van der Waals surface area contributed by atoms with Crippen LogP contribution in [0.1, 0.15) is 46.6 Å². The molecule has 17 heteroatoms. The van der Waals surface area contributed by atoms with Gasteiger partial charge in [0.15, 0.2) is 5.01 Å². The number of fused-ring (bicyclic) bond motifs is 2. The van der Waals surface area contributed by atoms with Gasteiger partial charge in [-0.3, -0.25) is 4.79 Å². The Balaban J connectivity index is 1.37. The fourth-order valence-corrected chi connectivity index (χ4v) is 9.07. The van der Waals surface area contributed by atoms with Crippen LogP contribution >= 0.6 is 22.9 Å². The Morgan fingerprint density at radius 2 is 1.98 bits per heavy atom. The predicted molar refractivity (Wildman–Crippen MR) is 167 cm³/mol. The van der Waals surface area contributed by atoms with Crippen molar-refractivity contribution < 1.29 is 31.2 Å². The molecule has 1 unspecified atom stereocenters. The van der Waals surface area contributed by atoms with Crippen molar-refractivity contribution in [3.05, 3.63) is 44.9 Å². The number of ether oxygens (including phenoxy) is 1. The lowest BCUT2D eigenvalue weighted by Gasteiger charge is -2.40. The molecule has 0 saturated carbocycles.